The van der Waals surface area contributed by atoms with E-state index < -0.39 is 11.9 Å². The largest absolute Gasteiger partial charge is 0.481 e. The first-order valence-electron chi connectivity index (χ1n) is 6.42. The summed E-state index contributed by atoms with van der Waals surface area (Å²) in [4.78, 5) is 24.4. The maximum Gasteiger partial charge on any atom is 0.317 e. The monoisotopic (exact) mass is 272 g/mol. The van der Waals surface area contributed by atoms with Crippen LogP contribution >= 0.6 is 0 Å². The summed E-state index contributed by atoms with van der Waals surface area (Å²) in [7, 11) is 1.56. The number of hydrogen-bond donors (Lipinski definition) is 2. The average Bonchev–Trinajstić information content (AvgIpc) is 2.38. The number of rotatable bonds is 10. The lowest BCUT2D eigenvalue weighted by Crippen LogP contribution is -2.44. The van der Waals surface area contributed by atoms with Crippen LogP contribution in [0.5, 0.6) is 0 Å². The molecule has 110 valence electrons. The van der Waals surface area contributed by atoms with E-state index in [9.17, 15) is 9.59 Å². The maximum absolute atomic E-state index is 11.9. The van der Waals surface area contributed by atoms with Crippen LogP contribution in [-0.4, -0.2) is 55.4 Å². The van der Waals surface area contributed by atoms with Crippen molar-refractivity contribution in [2.24, 2.45) is 5.92 Å². The Morgan fingerprint density at radius 3 is 2.68 bits per heavy atom. The molecule has 1 unspecified atom stereocenters. The van der Waals surface area contributed by atoms with Gasteiger partial charge in [-0.05, 0) is 6.42 Å². The zero-order valence-electron chi connectivity index (χ0n) is 11.7. The highest BCUT2D eigenvalue weighted by atomic mass is 16.5. The summed E-state index contributed by atoms with van der Waals surface area (Å²) in [5, 5.41) is 11.6. The summed E-state index contributed by atoms with van der Waals surface area (Å²) in [5.41, 5.74) is 0. The number of amides is 2. The minimum absolute atomic E-state index is 0.141. The van der Waals surface area contributed by atoms with Gasteiger partial charge >= 0.3 is 12.0 Å². The second kappa shape index (κ2) is 10.4. The summed E-state index contributed by atoms with van der Waals surface area (Å²) < 4.78 is 4.92. The highest BCUT2D eigenvalue weighted by Gasteiger charge is 2.19. The van der Waals surface area contributed by atoms with E-state index >= 15 is 0 Å². The van der Waals surface area contributed by atoms with Crippen molar-refractivity contribution in [1.29, 1.82) is 0 Å². The van der Waals surface area contributed by atoms with Crippen molar-refractivity contribution in [2.75, 3.05) is 33.4 Å². The van der Waals surface area contributed by atoms with E-state index in [-0.39, 0.29) is 12.6 Å². The van der Waals surface area contributed by atoms with Crippen LogP contribution in [0.25, 0.3) is 0 Å². The highest BCUT2D eigenvalue weighted by molar-refractivity contribution is 5.76. The van der Waals surface area contributed by atoms with Crippen molar-refractivity contribution in [2.45, 2.75) is 19.8 Å². The average molecular weight is 272 g/mol. The minimum atomic E-state index is -0.880. The zero-order chi connectivity index (χ0) is 14.7. The Labute approximate surface area is 114 Å². The van der Waals surface area contributed by atoms with Crippen LogP contribution in [0.1, 0.15) is 19.8 Å². The lowest BCUT2D eigenvalue weighted by molar-refractivity contribution is -0.141. The number of urea groups is 1. The van der Waals surface area contributed by atoms with Crippen LogP contribution in [0.4, 0.5) is 4.79 Å². The molecular weight excluding hydrogens is 248 g/mol. The second-order valence-corrected chi connectivity index (χ2v) is 4.24. The van der Waals surface area contributed by atoms with E-state index in [4.69, 9.17) is 9.84 Å². The Hall–Kier alpha value is -1.56. The van der Waals surface area contributed by atoms with Crippen LogP contribution in [0.15, 0.2) is 12.7 Å². The van der Waals surface area contributed by atoms with E-state index in [1.807, 2.05) is 6.92 Å². The van der Waals surface area contributed by atoms with Gasteiger partial charge in [0.1, 0.15) is 0 Å². The van der Waals surface area contributed by atoms with Crippen LogP contribution < -0.4 is 5.32 Å². The molecule has 19 heavy (non-hydrogen) atoms. The Kier molecular flexibility index (Phi) is 9.52. The van der Waals surface area contributed by atoms with Crippen molar-refractivity contribution < 1.29 is 19.4 Å². The first kappa shape index (κ1) is 17.4. The highest BCUT2D eigenvalue weighted by Crippen LogP contribution is 2.05. The van der Waals surface area contributed by atoms with Crippen molar-refractivity contribution in [3.05, 3.63) is 12.7 Å². The summed E-state index contributed by atoms with van der Waals surface area (Å²) in [6.45, 7) is 6.92. The predicted octanol–water partition coefficient (Wildman–Crippen LogP) is 1.33. The van der Waals surface area contributed by atoms with Gasteiger partial charge in [-0.2, -0.15) is 0 Å². The molecule has 0 saturated carbocycles. The molecule has 0 aromatic carbocycles. The fraction of sp³-hybridized carbons (Fsp3) is 0.692. The number of hydrogen-bond acceptors (Lipinski definition) is 3. The SMILES string of the molecule is C=CCN(CCOC)C(=O)NCC(CCC)C(=O)O. The summed E-state index contributed by atoms with van der Waals surface area (Å²) >= 11 is 0. The Morgan fingerprint density at radius 2 is 2.21 bits per heavy atom. The van der Waals surface area contributed by atoms with Crippen molar-refractivity contribution in [3.8, 4) is 0 Å². The number of methoxy groups -OCH3 is 1. The summed E-state index contributed by atoms with van der Waals surface area (Å²) in [6.07, 6.45) is 2.94. The molecule has 0 aromatic rings. The summed E-state index contributed by atoms with van der Waals surface area (Å²) in [5.74, 6) is -1.42. The molecule has 1 atom stereocenters. The molecule has 2 amide bonds. The van der Waals surface area contributed by atoms with E-state index in [2.05, 4.69) is 11.9 Å². The number of carboxylic acids is 1. The lowest BCUT2D eigenvalue weighted by Gasteiger charge is -2.22. The first-order chi connectivity index (χ1) is 9.06. The molecule has 2 N–H and O–H groups in total. The number of nitrogens with one attached hydrogen (secondary N) is 1. The molecule has 0 radical (unpaired) electrons. The van der Waals surface area contributed by atoms with Gasteiger partial charge in [0.05, 0.1) is 12.5 Å². The molecule has 0 rings (SSSR count). The fourth-order valence-electron chi connectivity index (χ4n) is 1.62. The van der Waals surface area contributed by atoms with Crippen molar-refractivity contribution >= 4 is 12.0 Å². The fourth-order valence-corrected chi connectivity index (χ4v) is 1.62. The number of nitrogens with zero attached hydrogens (tertiary/aromatic N) is 1. The third kappa shape index (κ3) is 7.46. The topological polar surface area (TPSA) is 78.9 Å². The van der Waals surface area contributed by atoms with Gasteiger partial charge in [0.15, 0.2) is 0 Å². The summed E-state index contributed by atoms with van der Waals surface area (Å²) in [6, 6.07) is -0.292. The van der Waals surface area contributed by atoms with Gasteiger partial charge in [-0.1, -0.05) is 19.4 Å². The Bertz CT molecular complexity index is 294. The predicted molar refractivity (Wildman–Crippen MR) is 73.1 cm³/mol. The van der Waals surface area contributed by atoms with E-state index in [1.54, 1.807) is 13.2 Å². The molecular formula is C13H24N2O4. The van der Waals surface area contributed by atoms with Gasteiger partial charge in [-0.3, -0.25) is 4.79 Å². The van der Waals surface area contributed by atoms with Gasteiger partial charge in [0.25, 0.3) is 0 Å². The van der Waals surface area contributed by atoms with Crippen molar-refractivity contribution in [3.63, 3.8) is 0 Å². The van der Waals surface area contributed by atoms with Crippen LogP contribution in [0.3, 0.4) is 0 Å². The van der Waals surface area contributed by atoms with Gasteiger partial charge in [0, 0.05) is 26.7 Å². The van der Waals surface area contributed by atoms with Gasteiger partial charge in [0.2, 0.25) is 0 Å². The quantitative estimate of drug-likeness (QED) is 0.588. The number of ether oxygens (including phenoxy) is 1. The number of aliphatic carboxylic acids is 1. The third-order valence-corrected chi connectivity index (χ3v) is 2.69. The van der Waals surface area contributed by atoms with Gasteiger partial charge in [-0.25, -0.2) is 4.79 Å². The molecule has 0 aliphatic heterocycles. The van der Waals surface area contributed by atoms with Crippen LogP contribution in [0.2, 0.25) is 0 Å². The number of carboxylic acid groups (broad SMARTS) is 1. The van der Waals surface area contributed by atoms with Gasteiger partial charge < -0.3 is 20.1 Å². The Morgan fingerprint density at radius 1 is 1.53 bits per heavy atom. The molecule has 0 spiro atoms. The maximum atomic E-state index is 11.9. The molecule has 0 bridgehead atoms. The number of carbonyl (C=O) groups excluding carboxylic acids is 1. The minimum Gasteiger partial charge on any atom is -0.481 e. The molecule has 6 nitrogen and oxygen atoms in total. The second-order valence-electron chi connectivity index (χ2n) is 4.24. The molecule has 0 aromatic heterocycles. The van der Waals surface area contributed by atoms with Crippen molar-refractivity contribution in [1.82, 2.24) is 10.2 Å². The molecule has 0 saturated heterocycles. The third-order valence-electron chi connectivity index (χ3n) is 2.69. The standard InChI is InChI=1S/C13H24N2O4/c1-4-6-11(12(16)17)10-14-13(18)15(7-5-2)8-9-19-3/h5,11H,2,4,6-10H2,1,3H3,(H,14,18)(H,16,17). The molecule has 6 heteroatoms. The normalized spacial score (nSPS) is 11.7. The smallest absolute Gasteiger partial charge is 0.317 e. The van der Waals surface area contributed by atoms with E-state index in [1.165, 1.54) is 4.90 Å². The molecule has 0 aliphatic carbocycles. The van der Waals surface area contributed by atoms with E-state index in [0.29, 0.717) is 26.1 Å². The molecule has 0 aliphatic rings. The van der Waals surface area contributed by atoms with Gasteiger partial charge in [-0.15, -0.1) is 6.58 Å². The molecule has 0 heterocycles. The zero-order valence-corrected chi connectivity index (χ0v) is 11.7. The number of carbonyl (C=O) groups is 2. The molecule has 0 fully saturated rings. The Balaban J connectivity index is 4.28. The first-order valence-corrected chi connectivity index (χ1v) is 6.42. The lowest BCUT2D eigenvalue weighted by atomic mass is 10.0. The van der Waals surface area contributed by atoms with Crippen LogP contribution in [-0.2, 0) is 9.53 Å². The van der Waals surface area contributed by atoms with Crippen LogP contribution in [0, 0.1) is 5.92 Å². The van der Waals surface area contributed by atoms with E-state index in [0.717, 1.165) is 6.42 Å².